The van der Waals surface area contributed by atoms with E-state index in [2.05, 4.69) is 228 Å². The molecule has 2 heterocycles. The lowest BCUT2D eigenvalue weighted by atomic mass is 9.84. The zero-order valence-electron chi connectivity index (χ0n) is 33.1. The Balaban J connectivity index is 1.16. The van der Waals surface area contributed by atoms with Crippen LogP contribution < -0.4 is 9.80 Å². The Bertz CT molecular complexity index is 3170. The van der Waals surface area contributed by atoms with Gasteiger partial charge in [0.1, 0.15) is 0 Å². The lowest BCUT2D eigenvalue weighted by Gasteiger charge is -2.34. The quantitative estimate of drug-likeness (QED) is 0.161. The highest BCUT2D eigenvalue weighted by Gasteiger charge is 2.27. The second kappa shape index (κ2) is 14.0. The summed E-state index contributed by atoms with van der Waals surface area (Å²) in [6.07, 6.45) is 1.85. The van der Waals surface area contributed by atoms with E-state index in [0.29, 0.717) is 0 Å². The standard InChI is InChI=1S/C58H40N2/c1-3-15-39(16-4-1)40-27-29-42(30-28-40)58-50-34-32-47(59-53-23-11-7-19-43(53)35-44-20-8-12-24-54(44)59)37-51(50)57(41-17-5-2-6-18-41)49-33-31-48(38-52(49)58)60-55-25-13-9-21-45(55)36-46-22-10-14-26-56(46)60/h1-34,37-38H,35-36H2. The van der Waals surface area contributed by atoms with Crippen LogP contribution in [0.15, 0.2) is 218 Å². The highest BCUT2D eigenvalue weighted by Crippen LogP contribution is 2.51. The van der Waals surface area contributed by atoms with Gasteiger partial charge in [0, 0.05) is 47.0 Å². The molecule has 12 rings (SSSR count). The van der Waals surface area contributed by atoms with Crippen molar-refractivity contribution in [1.29, 1.82) is 0 Å². The summed E-state index contributed by atoms with van der Waals surface area (Å²) < 4.78 is 0. The molecule has 0 spiro atoms. The van der Waals surface area contributed by atoms with Gasteiger partial charge in [-0.15, -0.1) is 0 Å². The molecule has 2 aliphatic rings. The smallest absolute Gasteiger partial charge is 0.0497 e. The Morgan fingerprint density at radius 3 is 0.983 bits per heavy atom. The Morgan fingerprint density at radius 1 is 0.250 bits per heavy atom. The fourth-order valence-electron chi connectivity index (χ4n) is 9.91. The maximum Gasteiger partial charge on any atom is 0.0497 e. The molecule has 0 fully saturated rings. The molecule has 0 saturated heterocycles. The highest BCUT2D eigenvalue weighted by atomic mass is 15.2. The molecule has 0 N–H and O–H groups in total. The van der Waals surface area contributed by atoms with Gasteiger partial charge in [0.25, 0.3) is 0 Å². The number of benzene rings is 10. The van der Waals surface area contributed by atoms with Crippen molar-refractivity contribution in [2.45, 2.75) is 12.8 Å². The van der Waals surface area contributed by atoms with Crippen molar-refractivity contribution in [3.63, 3.8) is 0 Å². The van der Waals surface area contributed by atoms with Crippen molar-refractivity contribution < 1.29 is 0 Å². The summed E-state index contributed by atoms with van der Waals surface area (Å²) in [5.74, 6) is 0. The number of hydrogen-bond acceptors (Lipinski definition) is 2. The lowest BCUT2D eigenvalue weighted by Crippen LogP contribution is -2.18. The number of anilines is 6. The van der Waals surface area contributed by atoms with E-state index in [1.807, 2.05) is 0 Å². The van der Waals surface area contributed by atoms with Crippen LogP contribution in [0.5, 0.6) is 0 Å². The van der Waals surface area contributed by atoms with Gasteiger partial charge in [-0.25, -0.2) is 0 Å². The predicted octanol–water partition coefficient (Wildman–Crippen LogP) is 15.7. The Morgan fingerprint density at radius 2 is 0.567 bits per heavy atom. The number of hydrogen-bond donors (Lipinski definition) is 0. The van der Waals surface area contributed by atoms with E-state index in [1.54, 1.807) is 0 Å². The molecule has 2 heteroatoms. The van der Waals surface area contributed by atoms with Crippen LogP contribution in [-0.4, -0.2) is 0 Å². The van der Waals surface area contributed by atoms with E-state index in [9.17, 15) is 0 Å². The van der Waals surface area contributed by atoms with Crippen LogP contribution >= 0.6 is 0 Å². The molecule has 282 valence electrons. The predicted molar refractivity (Wildman–Crippen MR) is 253 cm³/mol. The molecule has 0 bridgehead atoms. The van der Waals surface area contributed by atoms with Gasteiger partial charge in [0.15, 0.2) is 0 Å². The van der Waals surface area contributed by atoms with E-state index in [-0.39, 0.29) is 0 Å². The summed E-state index contributed by atoms with van der Waals surface area (Å²) in [5.41, 5.74) is 19.9. The molecular weight excluding hydrogens is 725 g/mol. The second-order valence-electron chi connectivity index (χ2n) is 16.1. The molecule has 10 aromatic carbocycles. The second-order valence-corrected chi connectivity index (χ2v) is 16.1. The van der Waals surface area contributed by atoms with Crippen molar-refractivity contribution in [3.8, 4) is 33.4 Å². The zero-order chi connectivity index (χ0) is 39.6. The summed E-state index contributed by atoms with van der Waals surface area (Å²) in [4.78, 5) is 4.94. The van der Waals surface area contributed by atoms with Crippen LogP contribution in [0.2, 0.25) is 0 Å². The maximum atomic E-state index is 2.47. The van der Waals surface area contributed by atoms with Crippen LogP contribution in [0.3, 0.4) is 0 Å². The normalized spacial score (nSPS) is 12.8. The van der Waals surface area contributed by atoms with Crippen molar-refractivity contribution in [2.75, 3.05) is 9.80 Å². The molecule has 0 unspecified atom stereocenters. The van der Waals surface area contributed by atoms with Crippen molar-refractivity contribution >= 4 is 55.7 Å². The Labute approximate surface area is 350 Å². The van der Waals surface area contributed by atoms with Gasteiger partial charge in [-0.05, 0) is 126 Å². The molecule has 2 nitrogen and oxygen atoms in total. The topological polar surface area (TPSA) is 6.48 Å². The largest absolute Gasteiger partial charge is 0.310 e. The number of nitrogens with zero attached hydrogens (tertiary/aromatic N) is 2. The van der Waals surface area contributed by atoms with E-state index < -0.39 is 0 Å². The lowest BCUT2D eigenvalue weighted by molar-refractivity contribution is 1.09. The fraction of sp³-hybridized carbons (Fsp3) is 0.0345. The summed E-state index contributed by atoms with van der Waals surface area (Å²) in [7, 11) is 0. The van der Waals surface area contributed by atoms with Crippen LogP contribution in [-0.2, 0) is 12.8 Å². The first-order valence-corrected chi connectivity index (χ1v) is 20.9. The van der Waals surface area contributed by atoms with Crippen molar-refractivity contribution in [1.82, 2.24) is 0 Å². The number of fused-ring (bicyclic) bond motifs is 6. The molecule has 0 radical (unpaired) electrons. The first-order valence-electron chi connectivity index (χ1n) is 20.9. The minimum absolute atomic E-state index is 0.923. The maximum absolute atomic E-state index is 2.47. The molecule has 0 aliphatic carbocycles. The van der Waals surface area contributed by atoms with Gasteiger partial charge in [0.2, 0.25) is 0 Å². The highest BCUT2D eigenvalue weighted by molar-refractivity contribution is 6.22. The summed E-state index contributed by atoms with van der Waals surface area (Å²) in [5, 5.41) is 4.92. The molecule has 60 heavy (non-hydrogen) atoms. The van der Waals surface area contributed by atoms with Crippen LogP contribution in [0.1, 0.15) is 22.3 Å². The summed E-state index contributed by atoms with van der Waals surface area (Å²) in [6.45, 7) is 0. The van der Waals surface area contributed by atoms with Gasteiger partial charge in [-0.2, -0.15) is 0 Å². The molecule has 0 atom stereocenters. The van der Waals surface area contributed by atoms with Crippen molar-refractivity contribution in [2.24, 2.45) is 0 Å². The third-order valence-electron chi connectivity index (χ3n) is 12.6. The van der Waals surface area contributed by atoms with Crippen LogP contribution in [0.4, 0.5) is 34.1 Å². The molecule has 2 aliphatic heterocycles. The van der Waals surface area contributed by atoms with Crippen LogP contribution in [0.25, 0.3) is 54.9 Å². The minimum atomic E-state index is 0.923. The number of para-hydroxylation sites is 4. The van der Waals surface area contributed by atoms with Gasteiger partial charge in [0.05, 0.1) is 0 Å². The van der Waals surface area contributed by atoms with Gasteiger partial charge in [-0.1, -0.05) is 170 Å². The molecular formula is C58H40N2. The van der Waals surface area contributed by atoms with E-state index in [1.165, 1.54) is 99.9 Å². The Hall–Kier alpha value is -7.68. The third-order valence-corrected chi connectivity index (χ3v) is 12.6. The molecule has 0 amide bonds. The minimum Gasteiger partial charge on any atom is -0.310 e. The molecule has 10 aromatic rings. The monoisotopic (exact) mass is 764 g/mol. The SMILES string of the molecule is c1ccc(-c2ccc(-c3c4ccc(N5c6ccccc6Cc6ccccc65)cc4c(-c4ccccc4)c4ccc(N5c6ccccc6Cc6ccccc65)cc34)cc2)cc1. The molecule has 0 aromatic heterocycles. The van der Waals surface area contributed by atoms with E-state index in [4.69, 9.17) is 0 Å². The third kappa shape index (κ3) is 5.56. The fourth-order valence-corrected chi connectivity index (χ4v) is 9.91. The van der Waals surface area contributed by atoms with Gasteiger partial charge in [-0.3, -0.25) is 0 Å². The first-order chi connectivity index (χ1) is 29.8. The summed E-state index contributed by atoms with van der Waals surface area (Å²) in [6, 6.07) is 80.7. The van der Waals surface area contributed by atoms with Crippen molar-refractivity contribution in [3.05, 3.63) is 241 Å². The first kappa shape index (κ1) is 34.4. The average molecular weight is 765 g/mol. The van der Waals surface area contributed by atoms with Crippen LogP contribution in [0, 0.1) is 0 Å². The van der Waals surface area contributed by atoms with E-state index >= 15 is 0 Å². The average Bonchev–Trinajstić information content (AvgIpc) is 3.32. The number of rotatable bonds is 5. The van der Waals surface area contributed by atoms with E-state index in [0.717, 1.165) is 24.2 Å². The molecule has 0 saturated carbocycles. The van der Waals surface area contributed by atoms with Gasteiger partial charge >= 0.3 is 0 Å². The van der Waals surface area contributed by atoms with Gasteiger partial charge < -0.3 is 9.80 Å². The zero-order valence-corrected chi connectivity index (χ0v) is 33.1. The summed E-state index contributed by atoms with van der Waals surface area (Å²) >= 11 is 0. The Kier molecular flexibility index (Phi) is 8.02.